The van der Waals surface area contributed by atoms with Crippen molar-refractivity contribution in [1.29, 1.82) is 0 Å². The molecule has 0 aliphatic heterocycles. The second-order valence-electron chi connectivity index (χ2n) is 4.59. The predicted molar refractivity (Wildman–Crippen MR) is 73.5 cm³/mol. The van der Waals surface area contributed by atoms with E-state index in [1.165, 1.54) is 18.4 Å². The van der Waals surface area contributed by atoms with Crippen LogP contribution in [-0.4, -0.2) is 13.7 Å². The molecule has 1 aromatic carbocycles. The molecule has 0 aliphatic rings. The van der Waals surface area contributed by atoms with E-state index in [0.717, 1.165) is 18.2 Å². The largest absolute Gasteiger partial charge is 0.497 e. The van der Waals surface area contributed by atoms with E-state index in [1.54, 1.807) is 7.11 Å². The zero-order valence-electron chi connectivity index (χ0n) is 11.5. The Morgan fingerprint density at radius 2 is 1.94 bits per heavy atom. The van der Waals surface area contributed by atoms with E-state index in [0.29, 0.717) is 6.04 Å². The van der Waals surface area contributed by atoms with Gasteiger partial charge in [0.05, 0.1) is 7.11 Å². The Kier molecular flexibility index (Phi) is 6.06. The van der Waals surface area contributed by atoms with Crippen molar-refractivity contribution in [1.82, 2.24) is 5.32 Å². The first-order valence-electron chi connectivity index (χ1n) is 6.58. The van der Waals surface area contributed by atoms with E-state index < -0.39 is 0 Å². The quantitative estimate of drug-likeness (QED) is 0.776. The standard InChI is InChI=1S/C15H25NO/c1-5-13(6-2)11-16-12(3)14-8-7-9-15(10-14)17-4/h7-10,12-13,16H,5-6,11H2,1-4H3/t12-/m0/s1. The van der Waals surface area contributed by atoms with Crippen LogP contribution in [0.4, 0.5) is 0 Å². The smallest absolute Gasteiger partial charge is 0.119 e. The van der Waals surface area contributed by atoms with E-state index in [9.17, 15) is 0 Å². The van der Waals surface area contributed by atoms with Crippen molar-refractivity contribution in [2.45, 2.75) is 39.7 Å². The molecule has 1 N–H and O–H groups in total. The lowest BCUT2D eigenvalue weighted by Crippen LogP contribution is -2.25. The molecule has 0 bridgehead atoms. The average molecular weight is 235 g/mol. The summed E-state index contributed by atoms with van der Waals surface area (Å²) in [5, 5.41) is 3.60. The highest BCUT2D eigenvalue weighted by atomic mass is 16.5. The van der Waals surface area contributed by atoms with Gasteiger partial charge in [-0.25, -0.2) is 0 Å². The van der Waals surface area contributed by atoms with Gasteiger partial charge in [0.1, 0.15) is 5.75 Å². The van der Waals surface area contributed by atoms with Gasteiger partial charge in [-0.3, -0.25) is 0 Å². The molecular formula is C15H25NO. The van der Waals surface area contributed by atoms with Gasteiger partial charge in [-0.15, -0.1) is 0 Å². The topological polar surface area (TPSA) is 21.3 Å². The van der Waals surface area contributed by atoms with E-state index in [-0.39, 0.29) is 0 Å². The van der Waals surface area contributed by atoms with Crippen LogP contribution in [0.1, 0.15) is 45.2 Å². The molecule has 96 valence electrons. The molecule has 1 aromatic rings. The summed E-state index contributed by atoms with van der Waals surface area (Å²) in [5.74, 6) is 1.71. The molecule has 0 saturated carbocycles. The molecule has 1 atom stereocenters. The molecule has 0 radical (unpaired) electrons. The SMILES string of the molecule is CCC(CC)CN[C@@H](C)c1cccc(OC)c1. The fourth-order valence-corrected chi connectivity index (χ4v) is 1.95. The lowest BCUT2D eigenvalue weighted by molar-refractivity contribution is 0.408. The van der Waals surface area contributed by atoms with Gasteiger partial charge in [-0.05, 0) is 37.1 Å². The van der Waals surface area contributed by atoms with Crippen molar-refractivity contribution in [3.05, 3.63) is 29.8 Å². The number of ether oxygens (including phenoxy) is 1. The van der Waals surface area contributed by atoms with Crippen molar-refractivity contribution in [3.63, 3.8) is 0 Å². The van der Waals surface area contributed by atoms with Crippen molar-refractivity contribution >= 4 is 0 Å². The van der Waals surface area contributed by atoms with Gasteiger partial charge < -0.3 is 10.1 Å². The molecule has 0 heterocycles. The van der Waals surface area contributed by atoms with Gasteiger partial charge in [0.25, 0.3) is 0 Å². The first-order chi connectivity index (χ1) is 8.21. The third-order valence-corrected chi connectivity index (χ3v) is 3.46. The highest BCUT2D eigenvalue weighted by molar-refractivity contribution is 5.30. The van der Waals surface area contributed by atoms with Gasteiger partial charge in [-0.2, -0.15) is 0 Å². The molecule has 0 spiro atoms. The van der Waals surface area contributed by atoms with Crippen LogP contribution in [0.2, 0.25) is 0 Å². The predicted octanol–water partition coefficient (Wildman–Crippen LogP) is 3.78. The Morgan fingerprint density at radius 1 is 1.24 bits per heavy atom. The lowest BCUT2D eigenvalue weighted by Gasteiger charge is -2.19. The Morgan fingerprint density at radius 3 is 2.53 bits per heavy atom. The Hall–Kier alpha value is -1.02. The minimum atomic E-state index is 0.380. The van der Waals surface area contributed by atoms with E-state index in [4.69, 9.17) is 4.74 Å². The number of hydrogen-bond acceptors (Lipinski definition) is 2. The highest BCUT2D eigenvalue weighted by Gasteiger charge is 2.08. The normalized spacial score (nSPS) is 12.8. The summed E-state index contributed by atoms with van der Waals surface area (Å²) in [4.78, 5) is 0. The van der Waals surface area contributed by atoms with Gasteiger partial charge in [0.2, 0.25) is 0 Å². The van der Waals surface area contributed by atoms with Crippen molar-refractivity contribution < 1.29 is 4.74 Å². The Bertz CT molecular complexity index is 320. The van der Waals surface area contributed by atoms with Crippen LogP contribution in [0.3, 0.4) is 0 Å². The minimum Gasteiger partial charge on any atom is -0.497 e. The Labute approximate surface area is 105 Å². The van der Waals surface area contributed by atoms with E-state index >= 15 is 0 Å². The molecule has 0 amide bonds. The van der Waals surface area contributed by atoms with Gasteiger partial charge >= 0.3 is 0 Å². The third-order valence-electron chi connectivity index (χ3n) is 3.46. The third kappa shape index (κ3) is 4.39. The molecule has 1 rings (SSSR count). The molecule has 0 saturated heterocycles. The maximum absolute atomic E-state index is 5.25. The average Bonchev–Trinajstić information content (AvgIpc) is 2.39. The molecule has 2 nitrogen and oxygen atoms in total. The van der Waals surface area contributed by atoms with Crippen LogP contribution < -0.4 is 10.1 Å². The zero-order valence-corrected chi connectivity index (χ0v) is 11.5. The van der Waals surface area contributed by atoms with Crippen LogP contribution in [0.15, 0.2) is 24.3 Å². The van der Waals surface area contributed by atoms with Crippen LogP contribution in [0.25, 0.3) is 0 Å². The summed E-state index contributed by atoms with van der Waals surface area (Å²) in [6.07, 6.45) is 2.49. The second-order valence-corrected chi connectivity index (χ2v) is 4.59. The summed E-state index contributed by atoms with van der Waals surface area (Å²) in [7, 11) is 1.71. The fourth-order valence-electron chi connectivity index (χ4n) is 1.95. The van der Waals surface area contributed by atoms with Crippen LogP contribution in [-0.2, 0) is 0 Å². The first-order valence-corrected chi connectivity index (χ1v) is 6.58. The van der Waals surface area contributed by atoms with Crippen molar-refractivity contribution in [2.24, 2.45) is 5.92 Å². The van der Waals surface area contributed by atoms with Gasteiger partial charge in [0, 0.05) is 6.04 Å². The lowest BCUT2D eigenvalue weighted by atomic mass is 10.0. The van der Waals surface area contributed by atoms with Gasteiger partial charge in [0.15, 0.2) is 0 Å². The molecule has 2 heteroatoms. The second kappa shape index (κ2) is 7.33. The van der Waals surface area contributed by atoms with Crippen LogP contribution in [0.5, 0.6) is 5.75 Å². The summed E-state index contributed by atoms with van der Waals surface area (Å²) in [6.45, 7) is 7.81. The summed E-state index contributed by atoms with van der Waals surface area (Å²) < 4.78 is 5.25. The monoisotopic (exact) mass is 235 g/mol. The summed E-state index contributed by atoms with van der Waals surface area (Å²) in [5.41, 5.74) is 1.29. The summed E-state index contributed by atoms with van der Waals surface area (Å²) in [6, 6.07) is 8.66. The van der Waals surface area contributed by atoms with E-state index in [2.05, 4.69) is 38.2 Å². The van der Waals surface area contributed by atoms with Crippen molar-refractivity contribution in [2.75, 3.05) is 13.7 Å². The molecule has 0 aliphatic carbocycles. The summed E-state index contributed by atoms with van der Waals surface area (Å²) >= 11 is 0. The number of benzene rings is 1. The maximum atomic E-state index is 5.25. The number of hydrogen-bond donors (Lipinski definition) is 1. The van der Waals surface area contributed by atoms with E-state index in [1.807, 2.05) is 12.1 Å². The maximum Gasteiger partial charge on any atom is 0.119 e. The fraction of sp³-hybridized carbons (Fsp3) is 0.600. The molecule has 0 aromatic heterocycles. The highest BCUT2D eigenvalue weighted by Crippen LogP contribution is 2.19. The Balaban J connectivity index is 2.53. The minimum absolute atomic E-state index is 0.380. The number of rotatable bonds is 7. The van der Waals surface area contributed by atoms with Crippen LogP contribution >= 0.6 is 0 Å². The molecular weight excluding hydrogens is 210 g/mol. The molecule has 0 unspecified atom stereocenters. The van der Waals surface area contributed by atoms with Gasteiger partial charge in [-0.1, -0.05) is 38.8 Å². The number of methoxy groups -OCH3 is 1. The van der Waals surface area contributed by atoms with Crippen LogP contribution in [0, 0.1) is 5.92 Å². The van der Waals surface area contributed by atoms with Crippen molar-refractivity contribution in [3.8, 4) is 5.75 Å². The zero-order chi connectivity index (χ0) is 12.7. The first kappa shape index (κ1) is 14.0. The number of nitrogens with one attached hydrogen (secondary N) is 1. The molecule has 0 fully saturated rings. The molecule has 17 heavy (non-hydrogen) atoms.